The fourth-order valence-electron chi connectivity index (χ4n) is 4.17. The van der Waals surface area contributed by atoms with Gasteiger partial charge in [0.05, 0.1) is 6.26 Å². The molecule has 0 bridgehead atoms. The van der Waals surface area contributed by atoms with Crippen LogP contribution in [-0.4, -0.2) is 0 Å². The summed E-state index contributed by atoms with van der Waals surface area (Å²) in [5, 5.41) is 2.56. The van der Waals surface area contributed by atoms with Gasteiger partial charge in [-0.05, 0) is 90.8 Å². The minimum atomic E-state index is 0.991. The molecule has 6 rings (SSSR count). The summed E-state index contributed by atoms with van der Waals surface area (Å²) in [5.41, 5.74) is 3.95. The van der Waals surface area contributed by atoms with E-state index in [-0.39, 0.29) is 0 Å². The standard InChI is InChI=1S/C17H14O.C9H10O/c1-3-7-14-12(5-1)9-10-17-15(14)11-13-6-2-4-8-16(13)18-17;1-2-6-9-8(4-1)5-3-7-10-9/h1,3,5,7-11H,2,4,6H2;3,5-7H,1-2,4H2. The summed E-state index contributed by atoms with van der Waals surface area (Å²) in [6, 6.07) is 12.7. The van der Waals surface area contributed by atoms with Crippen molar-refractivity contribution in [3.63, 3.8) is 0 Å². The molecule has 28 heavy (non-hydrogen) atoms. The molecular weight excluding hydrogens is 344 g/mol. The first-order valence-corrected chi connectivity index (χ1v) is 10.2. The van der Waals surface area contributed by atoms with E-state index in [1.54, 1.807) is 6.26 Å². The third kappa shape index (κ3) is 3.31. The fourth-order valence-corrected chi connectivity index (χ4v) is 4.17. The van der Waals surface area contributed by atoms with E-state index < -0.39 is 0 Å². The maximum atomic E-state index is 6.04. The van der Waals surface area contributed by atoms with Crippen LogP contribution in [0.15, 0.2) is 89.6 Å². The minimum Gasteiger partial charge on any atom is -0.465 e. The molecule has 2 nitrogen and oxygen atoms in total. The highest BCUT2D eigenvalue weighted by Gasteiger charge is 2.20. The predicted molar refractivity (Wildman–Crippen MR) is 115 cm³/mol. The molecule has 2 aromatic carbocycles. The number of hydrogen-bond donors (Lipinski definition) is 0. The smallest absolute Gasteiger partial charge is 0.135 e. The molecule has 0 spiro atoms. The van der Waals surface area contributed by atoms with Crippen LogP contribution in [0.1, 0.15) is 44.1 Å². The zero-order valence-electron chi connectivity index (χ0n) is 16.0. The normalized spacial score (nSPS) is 19.1. The predicted octanol–water partition coefficient (Wildman–Crippen LogP) is 7.21. The van der Waals surface area contributed by atoms with Crippen LogP contribution >= 0.6 is 0 Å². The van der Waals surface area contributed by atoms with Gasteiger partial charge in [0.25, 0.3) is 0 Å². The zero-order chi connectivity index (χ0) is 18.8. The maximum Gasteiger partial charge on any atom is 0.135 e. The molecule has 0 unspecified atom stereocenters. The van der Waals surface area contributed by atoms with Crippen LogP contribution in [0.25, 0.3) is 16.8 Å². The molecule has 0 N–H and O–H groups in total. The van der Waals surface area contributed by atoms with Crippen molar-refractivity contribution in [2.24, 2.45) is 0 Å². The first-order valence-electron chi connectivity index (χ1n) is 10.2. The van der Waals surface area contributed by atoms with Crippen LogP contribution in [0.3, 0.4) is 0 Å². The molecule has 2 aromatic rings. The van der Waals surface area contributed by atoms with Crippen molar-refractivity contribution < 1.29 is 9.47 Å². The Balaban J connectivity index is 0.000000145. The van der Waals surface area contributed by atoms with Gasteiger partial charge in [0.1, 0.15) is 17.3 Å². The summed E-state index contributed by atoms with van der Waals surface area (Å²) in [6.07, 6.45) is 19.6. The second-order valence-corrected chi connectivity index (χ2v) is 7.53. The van der Waals surface area contributed by atoms with Gasteiger partial charge in [0.2, 0.25) is 0 Å². The lowest BCUT2D eigenvalue weighted by molar-refractivity contribution is 0.345. The second kappa shape index (κ2) is 7.55. The summed E-state index contributed by atoms with van der Waals surface area (Å²) in [4.78, 5) is 0. The van der Waals surface area contributed by atoms with E-state index in [9.17, 15) is 0 Å². The molecule has 2 aliphatic carbocycles. The van der Waals surface area contributed by atoms with Gasteiger partial charge in [-0.1, -0.05) is 36.4 Å². The SMILES string of the molecule is C1=C2CCCC=C2Oc2ccc3ccccc3c21.C1=COC2=CCCCC2=C1. The van der Waals surface area contributed by atoms with Crippen LogP contribution in [0, 0.1) is 0 Å². The maximum absolute atomic E-state index is 6.04. The highest BCUT2D eigenvalue weighted by Crippen LogP contribution is 2.39. The number of rotatable bonds is 0. The highest BCUT2D eigenvalue weighted by molar-refractivity contribution is 5.94. The topological polar surface area (TPSA) is 18.5 Å². The fraction of sp³-hybridized carbons (Fsp3) is 0.231. The summed E-state index contributed by atoms with van der Waals surface area (Å²) < 4.78 is 11.3. The molecular formula is C26H24O2. The van der Waals surface area contributed by atoms with Crippen molar-refractivity contribution >= 4 is 16.8 Å². The number of benzene rings is 2. The molecule has 0 aromatic heterocycles. The monoisotopic (exact) mass is 368 g/mol. The molecule has 0 amide bonds. The number of ether oxygens (including phenoxy) is 2. The Hall–Kier alpha value is -3.00. The summed E-state index contributed by atoms with van der Waals surface area (Å²) in [6.45, 7) is 0. The molecule has 0 atom stereocenters. The summed E-state index contributed by atoms with van der Waals surface area (Å²) in [7, 11) is 0. The van der Waals surface area contributed by atoms with E-state index in [0.29, 0.717) is 0 Å². The Bertz CT molecular complexity index is 1060. The van der Waals surface area contributed by atoms with Crippen LogP contribution in [-0.2, 0) is 4.74 Å². The number of allylic oxidation sites excluding steroid dienone is 6. The Kier molecular flexibility index (Phi) is 4.62. The molecule has 0 saturated heterocycles. The van der Waals surface area contributed by atoms with E-state index in [1.165, 1.54) is 53.2 Å². The average molecular weight is 368 g/mol. The summed E-state index contributed by atoms with van der Waals surface area (Å²) in [5.74, 6) is 3.14. The molecule has 0 fully saturated rings. The highest BCUT2D eigenvalue weighted by atomic mass is 16.5. The van der Waals surface area contributed by atoms with Crippen LogP contribution in [0.4, 0.5) is 0 Å². The van der Waals surface area contributed by atoms with Crippen LogP contribution in [0.2, 0.25) is 0 Å². The third-order valence-corrected chi connectivity index (χ3v) is 5.63. The van der Waals surface area contributed by atoms with Crippen molar-refractivity contribution in [3.05, 3.63) is 95.2 Å². The van der Waals surface area contributed by atoms with E-state index in [4.69, 9.17) is 9.47 Å². The van der Waals surface area contributed by atoms with Gasteiger partial charge >= 0.3 is 0 Å². The lowest BCUT2D eigenvalue weighted by Crippen LogP contribution is -2.08. The second-order valence-electron chi connectivity index (χ2n) is 7.53. The molecule has 140 valence electrons. The Morgan fingerprint density at radius 1 is 0.786 bits per heavy atom. The minimum absolute atomic E-state index is 0.991. The molecule has 2 heteroatoms. The number of hydrogen-bond acceptors (Lipinski definition) is 2. The van der Waals surface area contributed by atoms with Crippen molar-refractivity contribution in [2.45, 2.75) is 38.5 Å². The summed E-state index contributed by atoms with van der Waals surface area (Å²) >= 11 is 0. The first kappa shape index (κ1) is 17.1. The van der Waals surface area contributed by atoms with Crippen molar-refractivity contribution in [2.75, 3.05) is 0 Å². The quantitative estimate of drug-likeness (QED) is 0.489. The first-order chi connectivity index (χ1) is 13.9. The molecule has 0 radical (unpaired) electrons. The Labute approximate surface area is 166 Å². The lowest BCUT2D eigenvalue weighted by Gasteiger charge is -2.24. The van der Waals surface area contributed by atoms with E-state index in [0.717, 1.165) is 30.1 Å². The van der Waals surface area contributed by atoms with Crippen LogP contribution in [0.5, 0.6) is 5.75 Å². The zero-order valence-corrected chi connectivity index (χ0v) is 16.0. The van der Waals surface area contributed by atoms with Crippen LogP contribution < -0.4 is 4.74 Å². The van der Waals surface area contributed by atoms with Gasteiger partial charge < -0.3 is 9.47 Å². The van der Waals surface area contributed by atoms with Crippen molar-refractivity contribution in [3.8, 4) is 5.75 Å². The van der Waals surface area contributed by atoms with Crippen molar-refractivity contribution in [1.29, 1.82) is 0 Å². The third-order valence-electron chi connectivity index (χ3n) is 5.63. The van der Waals surface area contributed by atoms with Crippen molar-refractivity contribution in [1.82, 2.24) is 0 Å². The molecule has 0 saturated carbocycles. The Morgan fingerprint density at radius 2 is 1.61 bits per heavy atom. The lowest BCUT2D eigenvalue weighted by atomic mass is 9.93. The molecule has 2 aliphatic heterocycles. The van der Waals surface area contributed by atoms with Gasteiger partial charge in [-0.3, -0.25) is 0 Å². The van der Waals surface area contributed by atoms with Gasteiger partial charge in [-0.25, -0.2) is 0 Å². The van der Waals surface area contributed by atoms with E-state index in [2.05, 4.69) is 60.7 Å². The largest absolute Gasteiger partial charge is 0.465 e. The van der Waals surface area contributed by atoms with E-state index >= 15 is 0 Å². The molecule has 2 heterocycles. The van der Waals surface area contributed by atoms with Gasteiger partial charge in [-0.15, -0.1) is 0 Å². The van der Waals surface area contributed by atoms with Gasteiger partial charge in [0.15, 0.2) is 0 Å². The Morgan fingerprint density at radius 3 is 2.50 bits per heavy atom. The van der Waals surface area contributed by atoms with Gasteiger partial charge in [-0.2, -0.15) is 0 Å². The average Bonchev–Trinajstić information content (AvgIpc) is 2.78. The van der Waals surface area contributed by atoms with Gasteiger partial charge in [0, 0.05) is 5.56 Å². The number of fused-ring (bicyclic) bond motifs is 5. The van der Waals surface area contributed by atoms with E-state index in [1.807, 2.05) is 6.08 Å². The molecule has 4 aliphatic rings.